The lowest BCUT2D eigenvalue weighted by Crippen LogP contribution is -2.17. The highest BCUT2D eigenvalue weighted by Gasteiger charge is 2.20. The number of ether oxygens (including phenoxy) is 1. The van der Waals surface area contributed by atoms with Crippen LogP contribution in [0.5, 0.6) is 5.75 Å². The molecule has 0 fully saturated rings. The molecule has 3 aromatic rings. The molecule has 9 heteroatoms. The summed E-state index contributed by atoms with van der Waals surface area (Å²) in [5, 5.41) is 3.18. The van der Waals surface area contributed by atoms with Crippen LogP contribution in [0.3, 0.4) is 0 Å². The number of hydrogen-bond donors (Lipinski definition) is 3. The average Bonchev–Trinajstić information content (AvgIpc) is 2.75. The van der Waals surface area contributed by atoms with Crippen LogP contribution in [0, 0.1) is 6.92 Å². The molecule has 166 valence electrons. The third-order valence-corrected chi connectivity index (χ3v) is 5.91. The van der Waals surface area contributed by atoms with Gasteiger partial charge in [0, 0.05) is 17.5 Å². The highest BCUT2D eigenvalue weighted by Crippen LogP contribution is 2.30. The van der Waals surface area contributed by atoms with Crippen molar-refractivity contribution in [1.82, 2.24) is 9.97 Å². The minimum Gasteiger partial charge on any atom is -0.497 e. The van der Waals surface area contributed by atoms with Crippen molar-refractivity contribution in [3.63, 3.8) is 0 Å². The van der Waals surface area contributed by atoms with Gasteiger partial charge in [0.15, 0.2) is 11.6 Å². The Morgan fingerprint density at radius 2 is 1.75 bits per heavy atom. The van der Waals surface area contributed by atoms with Crippen LogP contribution in [0.15, 0.2) is 77.9 Å². The van der Waals surface area contributed by atoms with Crippen molar-refractivity contribution in [2.45, 2.75) is 13.8 Å². The molecule has 1 aromatic heterocycles. The van der Waals surface area contributed by atoms with Gasteiger partial charge in [0.05, 0.1) is 23.0 Å². The van der Waals surface area contributed by atoms with Crippen molar-refractivity contribution in [3.8, 4) is 5.75 Å². The topological polar surface area (TPSA) is 119 Å². The SMILES string of the molecule is C=C/C(=C\C=C(\C)N)S(=O)(=O)Nc1nc2ccccc2nc1Nc1cc(OC)ccc1C. The van der Waals surface area contributed by atoms with Crippen molar-refractivity contribution < 1.29 is 13.2 Å². The fourth-order valence-corrected chi connectivity index (χ4v) is 3.80. The van der Waals surface area contributed by atoms with E-state index < -0.39 is 10.0 Å². The Bertz CT molecular complexity index is 1330. The van der Waals surface area contributed by atoms with Gasteiger partial charge in [-0.25, -0.2) is 18.4 Å². The fraction of sp³-hybridized carbons (Fsp3) is 0.130. The normalized spacial score (nSPS) is 12.5. The molecule has 0 saturated carbocycles. The lowest BCUT2D eigenvalue weighted by molar-refractivity contribution is 0.415. The molecule has 0 radical (unpaired) electrons. The van der Waals surface area contributed by atoms with E-state index in [0.29, 0.717) is 28.2 Å². The summed E-state index contributed by atoms with van der Waals surface area (Å²) in [4.78, 5) is 9.03. The quantitative estimate of drug-likeness (QED) is 0.435. The number of fused-ring (bicyclic) bond motifs is 1. The van der Waals surface area contributed by atoms with E-state index in [1.807, 2.05) is 25.1 Å². The van der Waals surface area contributed by atoms with Crippen LogP contribution in [0.1, 0.15) is 12.5 Å². The molecule has 0 atom stereocenters. The molecule has 0 aliphatic heterocycles. The van der Waals surface area contributed by atoms with Gasteiger partial charge >= 0.3 is 0 Å². The van der Waals surface area contributed by atoms with E-state index in [-0.39, 0.29) is 16.5 Å². The molecule has 0 spiro atoms. The van der Waals surface area contributed by atoms with Crippen molar-refractivity contribution in [1.29, 1.82) is 0 Å². The standard InChI is InChI=1S/C23H25N5O3S/c1-5-18(13-11-16(3)24)32(29,30)28-23-22(25-19-8-6-7-9-20(19)26-23)27-21-14-17(31-4)12-10-15(21)2/h5-14H,1,24H2,2-4H3,(H,25,27)(H,26,28)/b16-11-,18-13+. The minimum absolute atomic E-state index is 0.0483. The van der Waals surface area contributed by atoms with Gasteiger partial charge in [-0.05, 0) is 55.8 Å². The zero-order valence-electron chi connectivity index (χ0n) is 18.1. The van der Waals surface area contributed by atoms with Gasteiger partial charge in [-0.1, -0.05) is 24.8 Å². The van der Waals surface area contributed by atoms with Crippen LogP contribution in [0.4, 0.5) is 17.3 Å². The van der Waals surface area contributed by atoms with E-state index in [1.165, 1.54) is 18.2 Å². The Balaban J connectivity index is 2.11. The summed E-state index contributed by atoms with van der Waals surface area (Å²) in [5.41, 5.74) is 8.86. The number of nitrogens with zero attached hydrogens (tertiary/aromatic N) is 2. The van der Waals surface area contributed by atoms with E-state index in [1.54, 1.807) is 38.3 Å². The predicted molar refractivity (Wildman–Crippen MR) is 129 cm³/mol. The monoisotopic (exact) mass is 451 g/mol. The smallest absolute Gasteiger partial charge is 0.263 e. The number of para-hydroxylation sites is 2. The molecule has 0 aliphatic carbocycles. The summed E-state index contributed by atoms with van der Waals surface area (Å²) in [5.74, 6) is 0.944. The second-order valence-electron chi connectivity index (χ2n) is 7.00. The average molecular weight is 452 g/mol. The molecule has 32 heavy (non-hydrogen) atoms. The molecular formula is C23H25N5O3S. The first kappa shape index (κ1) is 22.8. The minimum atomic E-state index is -4.00. The number of aryl methyl sites for hydroxylation is 1. The molecule has 0 unspecified atom stereocenters. The zero-order valence-corrected chi connectivity index (χ0v) is 18.9. The van der Waals surface area contributed by atoms with Gasteiger partial charge < -0.3 is 15.8 Å². The van der Waals surface area contributed by atoms with E-state index in [2.05, 4.69) is 26.6 Å². The van der Waals surface area contributed by atoms with Crippen molar-refractivity contribution in [2.75, 3.05) is 17.1 Å². The van der Waals surface area contributed by atoms with Gasteiger partial charge in [-0.2, -0.15) is 0 Å². The highest BCUT2D eigenvalue weighted by atomic mass is 32.2. The first-order chi connectivity index (χ1) is 15.2. The number of aromatic nitrogens is 2. The Labute approximate surface area is 187 Å². The molecule has 3 rings (SSSR count). The first-order valence-corrected chi connectivity index (χ1v) is 11.2. The van der Waals surface area contributed by atoms with Gasteiger partial charge in [0.2, 0.25) is 0 Å². The summed E-state index contributed by atoms with van der Waals surface area (Å²) in [6.07, 6.45) is 4.09. The van der Waals surface area contributed by atoms with Crippen molar-refractivity contribution in [3.05, 3.63) is 83.4 Å². The summed E-state index contributed by atoms with van der Waals surface area (Å²) >= 11 is 0. The Morgan fingerprint density at radius 3 is 2.34 bits per heavy atom. The lowest BCUT2D eigenvalue weighted by atomic mass is 10.2. The number of methoxy groups -OCH3 is 1. The maximum atomic E-state index is 13.0. The Hall–Kier alpha value is -3.85. The Morgan fingerprint density at radius 1 is 1.09 bits per heavy atom. The van der Waals surface area contributed by atoms with Gasteiger partial charge in [0.1, 0.15) is 5.75 Å². The maximum Gasteiger partial charge on any atom is 0.263 e. The lowest BCUT2D eigenvalue weighted by Gasteiger charge is -2.16. The number of hydrogen-bond acceptors (Lipinski definition) is 7. The van der Waals surface area contributed by atoms with Crippen LogP contribution in [-0.4, -0.2) is 25.5 Å². The van der Waals surface area contributed by atoms with E-state index in [9.17, 15) is 8.42 Å². The molecule has 1 heterocycles. The third kappa shape index (κ3) is 5.25. The highest BCUT2D eigenvalue weighted by molar-refractivity contribution is 7.96. The molecule has 4 N–H and O–H groups in total. The Kier molecular flexibility index (Phi) is 6.79. The van der Waals surface area contributed by atoms with Crippen LogP contribution in [0.2, 0.25) is 0 Å². The van der Waals surface area contributed by atoms with Crippen molar-refractivity contribution in [2.24, 2.45) is 5.73 Å². The second-order valence-corrected chi connectivity index (χ2v) is 8.69. The molecular weight excluding hydrogens is 426 g/mol. The number of benzene rings is 2. The van der Waals surface area contributed by atoms with Gasteiger partial charge in [-0.15, -0.1) is 0 Å². The largest absolute Gasteiger partial charge is 0.497 e. The van der Waals surface area contributed by atoms with E-state index >= 15 is 0 Å². The third-order valence-electron chi connectivity index (χ3n) is 4.52. The van der Waals surface area contributed by atoms with E-state index in [4.69, 9.17) is 10.5 Å². The first-order valence-electron chi connectivity index (χ1n) is 9.71. The van der Waals surface area contributed by atoms with Gasteiger partial charge in [-0.3, -0.25) is 4.72 Å². The number of sulfonamides is 1. The predicted octanol–water partition coefficient (Wildman–Crippen LogP) is 4.36. The number of nitrogens with two attached hydrogens (primary N) is 1. The number of nitrogens with one attached hydrogen (secondary N) is 2. The maximum absolute atomic E-state index is 13.0. The zero-order chi connectivity index (χ0) is 23.3. The van der Waals surface area contributed by atoms with Gasteiger partial charge in [0.25, 0.3) is 10.0 Å². The molecule has 0 bridgehead atoms. The summed E-state index contributed by atoms with van der Waals surface area (Å²) in [6, 6.07) is 12.7. The van der Waals surface area contributed by atoms with Crippen LogP contribution in [0.25, 0.3) is 11.0 Å². The number of rotatable bonds is 8. The molecule has 0 saturated heterocycles. The van der Waals surface area contributed by atoms with Crippen molar-refractivity contribution >= 4 is 38.4 Å². The summed E-state index contributed by atoms with van der Waals surface area (Å²) in [6.45, 7) is 7.17. The number of allylic oxidation sites excluding steroid dienone is 4. The van der Waals surface area contributed by atoms with Crippen LogP contribution >= 0.6 is 0 Å². The molecule has 0 aliphatic rings. The van der Waals surface area contributed by atoms with E-state index in [0.717, 1.165) is 5.56 Å². The molecule has 0 amide bonds. The van der Waals surface area contributed by atoms with Crippen LogP contribution < -0.4 is 20.5 Å². The summed E-state index contributed by atoms with van der Waals surface area (Å²) in [7, 11) is -2.43. The fourth-order valence-electron chi connectivity index (χ4n) is 2.82. The number of anilines is 3. The molecule has 8 nitrogen and oxygen atoms in total. The summed E-state index contributed by atoms with van der Waals surface area (Å²) < 4.78 is 33.8. The second kappa shape index (κ2) is 9.52. The van der Waals surface area contributed by atoms with Crippen LogP contribution in [-0.2, 0) is 10.0 Å². The molecule has 2 aromatic carbocycles.